The molecule has 0 aromatic heterocycles. The zero-order chi connectivity index (χ0) is 7.72. The van der Waals surface area contributed by atoms with Crippen molar-refractivity contribution in [2.75, 3.05) is 0 Å². The second-order valence-electron chi connectivity index (χ2n) is 2.04. The number of aryl methyl sites for hydroxylation is 1. The second kappa shape index (κ2) is 3.05. The molecule has 1 aromatic carbocycles. The topological polar surface area (TPSA) is 0 Å². The Hall–Kier alpha value is 0.170. The molecule has 0 aliphatic carbocycles. The minimum atomic E-state index is -0.245. The van der Waals surface area contributed by atoms with Crippen LogP contribution in [0.2, 0.25) is 5.02 Å². The van der Waals surface area contributed by atoms with Gasteiger partial charge in [-0.3, -0.25) is 0 Å². The summed E-state index contributed by atoms with van der Waals surface area (Å²) in [5.41, 5.74) is 0.850. The molecule has 54 valence electrons. The summed E-state index contributed by atoms with van der Waals surface area (Å²) < 4.78 is 13.2. The summed E-state index contributed by atoms with van der Waals surface area (Å²) in [6.45, 7) is 1.81. The maximum absolute atomic E-state index is 12.7. The summed E-state index contributed by atoms with van der Waals surface area (Å²) in [4.78, 5) is 0. The van der Waals surface area contributed by atoms with E-state index in [1.54, 1.807) is 6.07 Å². The highest BCUT2D eigenvalue weighted by Gasteiger charge is 2.03. The molecule has 1 aromatic rings. The third kappa shape index (κ3) is 1.61. The SMILES string of the molecule is Cc1cc(F)c(I)c(Cl)c1. The molecule has 0 fully saturated rings. The van der Waals surface area contributed by atoms with Gasteiger partial charge in [0.05, 0.1) is 8.59 Å². The van der Waals surface area contributed by atoms with E-state index in [1.165, 1.54) is 6.07 Å². The van der Waals surface area contributed by atoms with Gasteiger partial charge >= 0.3 is 0 Å². The van der Waals surface area contributed by atoms with E-state index in [1.807, 2.05) is 29.5 Å². The minimum Gasteiger partial charge on any atom is -0.206 e. The van der Waals surface area contributed by atoms with Gasteiger partial charge in [-0.25, -0.2) is 4.39 Å². The summed E-state index contributed by atoms with van der Waals surface area (Å²) in [5.74, 6) is -0.245. The average Bonchev–Trinajstić information content (AvgIpc) is 1.82. The van der Waals surface area contributed by atoms with Crippen LogP contribution in [0, 0.1) is 16.3 Å². The van der Waals surface area contributed by atoms with Gasteiger partial charge in [-0.15, -0.1) is 0 Å². The highest BCUT2D eigenvalue weighted by atomic mass is 127. The zero-order valence-corrected chi connectivity index (χ0v) is 8.20. The summed E-state index contributed by atoms with van der Waals surface area (Å²) in [5, 5.41) is 0.484. The fourth-order valence-electron chi connectivity index (χ4n) is 0.682. The van der Waals surface area contributed by atoms with E-state index in [4.69, 9.17) is 11.6 Å². The van der Waals surface area contributed by atoms with Gasteiger partial charge in [0.25, 0.3) is 0 Å². The number of benzene rings is 1. The fourth-order valence-corrected chi connectivity index (χ4v) is 1.26. The molecule has 0 aliphatic heterocycles. The third-order valence-electron chi connectivity index (χ3n) is 1.13. The Labute approximate surface area is 77.5 Å². The van der Waals surface area contributed by atoms with Gasteiger partial charge in [0.15, 0.2) is 0 Å². The van der Waals surface area contributed by atoms with Crippen LogP contribution in [0.1, 0.15) is 5.56 Å². The number of hydrogen-bond donors (Lipinski definition) is 0. The fraction of sp³-hybridized carbons (Fsp3) is 0.143. The molecule has 0 atom stereocenters. The molecular weight excluding hydrogens is 265 g/mol. The van der Waals surface area contributed by atoms with Crippen molar-refractivity contribution < 1.29 is 4.39 Å². The molecule has 0 saturated carbocycles. The van der Waals surface area contributed by atoms with E-state index < -0.39 is 0 Å². The standard InChI is InChI=1S/C7H5ClFI/c1-4-2-5(8)7(10)6(9)3-4/h2-3H,1H3. The van der Waals surface area contributed by atoms with Crippen molar-refractivity contribution in [3.05, 3.63) is 32.1 Å². The van der Waals surface area contributed by atoms with Crippen molar-refractivity contribution in [3.63, 3.8) is 0 Å². The number of hydrogen-bond acceptors (Lipinski definition) is 0. The lowest BCUT2D eigenvalue weighted by molar-refractivity contribution is 0.619. The Morgan fingerprint density at radius 3 is 2.60 bits per heavy atom. The van der Waals surface area contributed by atoms with E-state index in [-0.39, 0.29) is 5.82 Å². The average molecular weight is 270 g/mol. The molecule has 1 rings (SSSR count). The van der Waals surface area contributed by atoms with Crippen LogP contribution >= 0.6 is 34.2 Å². The van der Waals surface area contributed by atoms with Crippen LogP contribution in [0.5, 0.6) is 0 Å². The van der Waals surface area contributed by atoms with Crippen LogP contribution in [0.15, 0.2) is 12.1 Å². The molecular formula is C7H5ClFI. The first-order chi connectivity index (χ1) is 4.61. The van der Waals surface area contributed by atoms with Crippen LogP contribution in [0.25, 0.3) is 0 Å². The van der Waals surface area contributed by atoms with Crippen molar-refractivity contribution in [2.24, 2.45) is 0 Å². The van der Waals surface area contributed by atoms with Gasteiger partial charge in [0, 0.05) is 0 Å². The van der Waals surface area contributed by atoms with Crippen molar-refractivity contribution in [1.82, 2.24) is 0 Å². The van der Waals surface area contributed by atoms with Crippen molar-refractivity contribution >= 4 is 34.2 Å². The van der Waals surface area contributed by atoms with E-state index in [0.717, 1.165) is 5.56 Å². The third-order valence-corrected chi connectivity index (χ3v) is 2.84. The Balaban J connectivity index is 3.31. The molecule has 0 heterocycles. The molecule has 0 nitrogen and oxygen atoms in total. The molecule has 0 bridgehead atoms. The molecule has 0 amide bonds. The van der Waals surface area contributed by atoms with Gasteiger partial charge in [0.1, 0.15) is 5.82 Å². The molecule has 0 saturated heterocycles. The number of halogens is 3. The van der Waals surface area contributed by atoms with E-state index >= 15 is 0 Å². The van der Waals surface area contributed by atoms with Gasteiger partial charge < -0.3 is 0 Å². The van der Waals surface area contributed by atoms with Gasteiger partial charge in [-0.2, -0.15) is 0 Å². The number of rotatable bonds is 0. The van der Waals surface area contributed by atoms with Crippen molar-refractivity contribution in [1.29, 1.82) is 0 Å². The summed E-state index contributed by atoms with van der Waals surface area (Å²) in [7, 11) is 0. The highest BCUT2D eigenvalue weighted by molar-refractivity contribution is 14.1. The largest absolute Gasteiger partial charge is 0.206 e. The van der Waals surface area contributed by atoms with Crippen LogP contribution in [0.3, 0.4) is 0 Å². The summed E-state index contributed by atoms with van der Waals surface area (Å²) in [6, 6.07) is 3.21. The minimum absolute atomic E-state index is 0.245. The Morgan fingerprint density at radius 2 is 2.10 bits per heavy atom. The zero-order valence-electron chi connectivity index (χ0n) is 5.29. The van der Waals surface area contributed by atoms with Gasteiger partial charge in [-0.1, -0.05) is 11.6 Å². The summed E-state index contributed by atoms with van der Waals surface area (Å²) >= 11 is 7.55. The predicted molar refractivity (Wildman–Crippen MR) is 48.9 cm³/mol. The smallest absolute Gasteiger partial charge is 0.138 e. The lowest BCUT2D eigenvalue weighted by atomic mass is 10.2. The predicted octanol–water partition coefficient (Wildman–Crippen LogP) is 3.39. The van der Waals surface area contributed by atoms with E-state index in [9.17, 15) is 4.39 Å². The van der Waals surface area contributed by atoms with Crippen LogP contribution in [-0.2, 0) is 0 Å². The van der Waals surface area contributed by atoms with Crippen LogP contribution in [0.4, 0.5) is 4.39 Å². The Morgan fingerprint density at radius 1 is 1.50 bits per heavy atom. The second-order valence-corrected chi connectivity index (χ2v) is 3.53. The Kier molecular flexibility index (Phi) is 2.52. The maximum atomic E-state index is 12.7. The van der Waals surface area contributed by atoms with Crippen molar-refractivity contribution in [2.45, 2.75) is 6.92 Å². The van der Waals surface area contributed by atoms with Crippen LogP contribution in [-0.4, -0.2) is 0 Å². The van der Waals surface area contributed by atoms with Gasteiger partial charge in [0.2, 0.25) is 0 Å². The van der Waals surface area contributed by atoms with E-state index in [0.29, 0.717) is 8.59 Å². The molecule has 0 spiro atoms. The molecule has 0 aliphatic rings. The molecule has 10 heavy (non-hydrogen) atoms. The normalized spacial score (nSPS) is 10.0. The molecule has 0 radical (unpaired) electrons. The monoisotopic (exact) mass is 270 g/mol. The first-order valence-electron chi connectivity index (χ1n) is 2.72. The lowest BCUT2D eigenvalue weighted by Crippen LogP contribution is -1.84. The van der Waals surface area contributed by atoms with E-state index in [2.05, 4.69) is 0 Å². The van der Waals surface area contributed by atoms with Gasteiger partial charge in [-0.05, 0) is 47.2 Å². The highest BCUT2D eigenvalue weighted by Crippen LogP contribution is 2.22. The first kappa shape index (κ1) is 8.27. The Bertz CT molecular complexity index is 237. The molecule has 0 N–H and O–H groups in total. The molecule has 3 heteroatoms. The van der Waals surface area contributed by atoms with Crippen molar-refractivity contribution in [3.8, 4) is 0 Å². The quantitative estimate of drug-likeness (QED) is 0.501. The summed E-state index contributed by atoms with van der Waals surface area (Å²) in [6.07, 6.45) is 0. The lowest BCUT2D eigenvalue weighted by Gasteiger charge is -1.98. The molecule has 0 unspecified atom stereocenters. The first-order valence-corrected chi connectivity index (χ1v) is 4.18. The maximum Gasteiger partial charge on any atom is 0.138 e. The van der Waals surface area contributed by atoms with Crippen LogP contribution < -0.4 is 0 Å².